The first-order valence-corrected chi connectivity index (χ1v) is 8.48. The van der Waals surface area contributed by atoms with E-state index in [9.17, 15) is 9.59 Å². The van der Waals surface area contributed by atoms with Gasteiger partial charge in [0.2, 0.25) is 0 Å². The van der Waals surface area contributed by atoms with Crippen LogP contribution in [0.15, 0.2) is 0 Å². The zero-order valence-electron chi connectivity index (χ0n) is 12.3. The molecule has 5 nitrogen and oxygen atoms in total. The highest BCUT2D eigenvalue weighted by atomic mass is 32.2. The van der Waals surface area contributed by atoms with Gasteiger partial charge in [-0.15, -0.1) is 0 Å². The highest BCUT2D eigenvalue weighted by molar-refractivity contribution is 7.99. The van der Waals surface area contributed by atoms with Crippen LogP contribution < -0.4 is 5.73 Å². The van der Waals surface area contributed by atoms with Crippen molar-refractivity contribution in [1.29, 1.82) is 0 Å². The monoisotopic (exact) mass is 302 g/mol. The fourth-order valence-electron chi connectivity index (χ4n) is 2.50. The second-order valence-corrected chi connectivity index (χ2v) is 6.43. The van der Waals surface area contributed by atoms with Crippen molar-refractivity contribution in [2.75, 3.05) is 31.7 Å². The third kappa shape index (κ3) is 7.03. The number of rotatable bonds is 9. The highest BCUT2D eigenvalue weighted by Gasteiger charge is 2.17. The second-order valence-electron chi connectivity index (χ2n) is 5.20. The van der Waals surface area contributed by atoms with Crippen LogP contribution in [0, 0.1) is 5.92 Å². The summed E-state index contributed by atoms with van der Waals surface area (Å²) in [6, 6.07) is -0.337. The lowest BCUT2D eigenvalue weighted by molar-refractivity contribution is -0.140. The molecule has 0 radical (unpaired) electrons. The standard InChI is InChI=1S/C14H26N2O3S/c1-19-13(17)7-10-20-11-9-16(14(15)18)8-6-12-4-2-3-5-12/h12H,2-11H2,1H3,(H2,15,18). The van der Waals surface area contributed by atoms with E-state index in [2.05, 4.69) is 4.74 Å². The molecular weight excluding hydrogens is 276 g/mol. The van der Waals surface area contributed by atoms with Crippen molar-refractivity contribution >= 4 is 23.8 Å². The summed E-state index contributed by atoms with van der Waals surface area (Å²) >= 11 is 1.65. The zero-order chi connectivity index (χ0) is 14.8. The van der Waals surface area contributed by atoms with E-state index in [0.717, 1.165) is 30.4 Å². The highest BCUT2D eigenvalue weighted by Crippen LogP contribution is 2.27. The molecule has 0 spiro atoms. The van der Waals surface area contributed by atoms with Crippen molar-refractivity contribution in [2.24, 2.45) is 11.7 Å². The summed E-state index contributed by atoms with van der Waals surface area (Å²) in [5.41, 5.74) is 5.41. The van der Waals surface area contributed by atoms with Gasteiger partial charge in [0.15, 0.2) is 0 Å². The predicted octanol–water partition coefficient (Wildman–Crippen LogP) is 2.24. The Morgan fingerprint density at radius 1 is 1.25 bits per heavy atom. The number of nitrogens with two attached hydrogens (primary N) is 1. The maximum Gasteiger partial charge on any atom is 0.314 e. The Kier molecular flexibility index (Phi) is 8.49. The van der Waals surface area contributed by atoms with Gasteiger partial charge in [0.05, 0.1) is 13.5 Å². The number of carbonyl (C=O) groups is 2. The Morgan fingerprint density at radius 2 is 1.95 bits per heavy atom. The first kappa shape index (κ1) is 17.1. The number of methoxy groups -OCH3 is 1. The number of hydrogen-bond acceptors (Lipinski definition) is 4. The van der Waals surface area contributed by atoms with Crippen LogP contribution >= 0.6 is 11.8 Å². The number of carbonyl (C=O) groups excluding carboxylic acids is 2. The van der Waals surface area contributed by atoms with Crippen LogP contribution in [0.25, 0.3) is 0 Å². The van der Waals surface area contributed by atoms with E-state index >= 15 is 0 Å². The van der Waals surface area contributed by atoms with Crippen LogP contribution in [0.4, 0.5) is 4.79 Å². The van der Waals surface area contributed by atoms with Gasteiger partial charge < -0.3 is 15.4 Å². The van der Waals surface area contributed by atoms with E-state index < -0.39 is 0 Å². The van der Waals surface area contributed by atoms with Gasteiger partial charge in [-0.1, -0.05) is 25.7 Å². The topological polar surface area (TPSA) is 72.6 Å². The lowest BCUT2D eigenvalue weighted by atomic mass is 10.0. The molecule has 0 aliphatic heterocycles. The minimum Gasteiger partial charge on any atom is -0.469 e. The van der Waals surface area contributed by atoms with Gasteiger partial charge in [-0.3, -0.25) is 4.79 Å². The van der Waals surface area contributed by atoms with Gasteiger partial charge in [0, 0.05) is 24.6 Å². The van der Waals surface area contributed by atoms with Crippen molar-refractivity contribution in [3.05, 3.63) is 0 Å². The number of thioether (sulfide) groups is 1. The molecule has 0 heterocycles. The lowest BCUT2D eigenvalue weighted by Crippen LogP contribution is -2.38. The van der Waals surface area contributed by atoms with E-state index in [-0.39, 0.29) is 12.0 Å². The molecule has 116 valence electrons. The van der Waals surface area contributed by atoms with E-state index in [1.165, 1.54) is 32.8 Å². The Morgan fingerprint density at radius 3 is 2.55 bits per heavy atom. The Labute approximate surface area is 125 Å². The Bertz CT molecular complexity index is 307. The quantitative estimate of drug-likeness (QED) is 0.524. The summed E-state index contributed by atoms with van der Waals surface area (Å²) in [5.74, 6) is 2.11. The van der Waals surface area contributed by atoms with Crippen LogP contribution in [0.3, 0.4) is 0 Å². The van der Waals surface area contributed by atoms with Gasteiger partial charge in [0.1, 0.15) is 0 Å². The number of amides is 2. The number of urea groups is 1. The molecule has 0 saturated heterocycles. The fraction of sp³-hybridized carbons (Fsp3) is 0.857. The normalized spacial score (nSPS) is 15.2. The van der Waals surface area contributed by atoms with Gasteiger partial charge in [-0.25, -0.2) is 4.79 Å². The summed E-state index contributed by atoms with van der Waals surface area (Å²) < 4.78 is 4.57. The van der Waals surface area contributed by atoms with Crippen molar-refractivity contribution in [1.82, 2.24) is 4.90 Å². The Hall–Kier alpha value is -0.910. The van der Waals surface area contributed by atoms with Gasteiger partial charge in [-0.2, -0.15) is 11.8 Å². The number of primary amides is 1. The molecule has 1 aliphatic carbocycles. The molecule has 2 N–H and O–H groups in total. The first-order chi connectivity index (χ1) is 9.63. The molecule has 0 aromatic heterocycles. The molecule has 0 bridgehead atoms. The van der Waals surface area contributed by atoms with Gasteiger partial charge >= 0.3 is 12.0 Å². The van der Waals surface area contributed by atoms with Crippen molar-refractivity contribution in [2.45, 2.75) is 38.5 Å². The molecule has 2 amide bonds. The number of esters is 1. The van der Waals surface area contributed by atoms with Crippen molar-refractivity contribution in [3.63, 3.8) is 0 Å². The molecule has 1 saturated carbocycles. The molecule has 20 heavy (non-hydrogen) atoms. The summed E-state index contributed by atoms with van der Waals surface area (Å²) in [7, 11) is 1.39. The second kappa shape index (κ2) is 9.91. The molecule has 0 atom stereocenters. The molecule has 1 fully saturated rings. The summed E-state index contributed by atoms with van der Waals surface area (Å²) in [6.07, 6.45) is 6.71. The average molecular weight is 302 g/mol. The SMILES string of the molecule is COC(=O)CCSCCN(CCC1CCCC1)C(N)=O. The van der Waals surface area contributed by atoms with Gasteiger partial charge in [0.25, 0.3) is 0 Å². The number of nitrogens with zero attached hydrogens (tertiary/aromatic N) is 1. The zero-order valence-corrected chi connectivity index (χ0v) is 13.1. The molecule has 0 unspecified atom stereocenters. The minimum atomic E-state index is -0.337. The third-order valence-electron chi connectivity index (χ3n) is 3.78. The molecular formula is C14H26N2O3S. The van der Waals surface area contributed by atoms with Crippen LogP contribution in [0.2, 0.25) is 0 Å². The molecule has 1 rings (SSSR count). The predicted molar refractivity (Wildman–Crippen MR) is 81.7 cm³/mol. The molecule has 0 aromatic rings. The van der Waals surface area contributed by atoms with E-state index in [1.807, 2.05) is 0 Å². The number of ether oxygens (including phenoxy) is 1. The number of hydrogen-bond donors (Lipinski definition) is 1. The summed E-state index contributed by atoms with van der Waals surface area (Å²) in [6.45, 7) is 1.42. The van der Waals surface area contributed by atoms with Crippen LogP contribution in [0.1, 0.15) is 38.5 Å². The van der Waals surface area contributed by atoms with Crippen molar-refractivity contribution in [3.8, 4) is 0 Å². The smallest absolute Gasteiger partial charge is 0.314 e. The summed E-state index contributed by atoms with van der Waals surface area (Å²) in [5, 5.41) is 0. The third-order valence-corrected chi connectivity index (χ3v) is 4.74. The van der Waals surface area contributed by atoms with E-state index in [0.29, 0.717) is 13.0 Å². The van der Waals surface area contributed by atoms with Crippen molar-refractivity contribution < 1.29 is 14.3 Å². The van der Waals surface area contributed by atoms with Crippen LogP contribution in [-0.4, -0.2) is 48.6 Å². The largest absolute Gasteiger partial charge is 0.469 e. The van der Waals surface area contributed by atoms with Crippen LogP contribution in [0.5, 0.6) is 0 Å². The maximum absolute atomic E-state index is 11.4. The molecule has 6 heteroatoms. The first-order valence-electron chi connectivity index (χ1n) is 7.32. The molecule has 1 aliphatic rings. The van der Waals surface area contributed by atoms with E-state index in [4.69, 9.17) is 5.73 Å². The summed E-state index contributed by atoms with van der Waals surface area (Å²) in [4.78, 5) is 24.1. The lowest BCUT2D eigenvalue weighted by Gasteiger charge is -2.21. The maximum atomic E-state index is 11.4. The van der Waals surface area contributed by atoms with Crippen LogP contribution in [-0.2, 0) is 9.53 Å². The Balaban J connectivity index is 2.11. The molecule has 0 aromatic carbocycles. The van der Waals surface area contributed by atoms with Gasteiger partial charge in [-0.05, 0) is 12.3 Å². The fourth-order valence-corrected chi connectivity index (χ4v) is 3.37. The van der Waals surface area contributed by atoms with E-state index in [1.54, 1.807) is 16.7 Å². The average Bonchev–Trinajstić information content (AvgIpc) is 2.94. The minimum absolute atomic E-state index is 0.189.